The molecule has 2 rings (SSSR count). The zero-order chi connectivity index (χ0) is 18.4. The highest BCUT2D eigenvalue weighted by Crippen LogP contribution is 2.37. The maximum absolute atomic E-state index is 12.8. The lowest BCUT2D eigenvalue weighted by molar-refractivity contribution is -0.182. The van der Waals surface area contributed by atoms with Gasteiger partial charge < -0.3 is 15.5 Å². The van der Waals surface area contributed by atoms with Crippen LogP contribution < -0.4 is 10.6 Å². The average Bonchev–Trinajstić information content (AvgIpc) is 2.55. The van der Waals surface area contributed by atoms with Gasteiger partial charge in [0.15, 0.2) is 5.96 Å². The van der Waals surface area contributed by atoms with E-state index in [1.54, 1.807) is 0 Å². The first-order chi connectivity index (χ1) is 11.8. The van der Waals surface area contributed by atoms with Gasteiger partial charge in [-0.1, -0.05) is 0 Å². The number of guanidine groups is 1. The van der Waals surface area contributed by atoms with Crippen molar-refractivity contribution in [2.24, 2.45) is 10.9 Å². The maximum atomic E-state index is 12.8. The van der Waals surface area contributed by atoms with Crippen molar-refractivity contribution in [1.29, 1.82) is 0 Å². The molecule has 1 aliphatic carbocycles. The predicted octanol–water partition coefficient (Wildman–Crippen LogP) is 1.91. The number of rotatable bonds is 4. The Labute approximate surface area is 149 Å². The smallest absolute Gasteiger partial charge is 0.357 e. The summed E-state index contributed by atoms with van der Waals surface area (Å²) in [5.41, 5.74) is 0. The zero-order valence-corrected chi connectivity index (χ0v) is 15.6. The Balaban J connectivity index is 1.86. The fourth-order valence-corrected chi connectivity index (χ4v) is 3.57. The Kier molecular flexibility index (Phi) is 7.37. The minimum atomic E-state index is -4.05. The minimum absolute atomic E-state index is 0.0724. The predicted molar refractivity (Wildman–Crippen MR) is 94.8 cm³/mol. The van der Waals surface area contributed by atoms with Crippen LogP contribution in [0.4, 0.5) is 13.2 Å². The van der Waals surface area contributed by atoms with Crippen LogP contribution in [0.3, 0.4) is 0 Å². The van der Waals surface area contributed by atoms with Crippen molar-refractivity contribution in [2.45, 2.75) is 50.9 Å². The second-order valence-corrected chi connectivity index (χ2v) is 7.35. The summed E-state index contributed by atoms with van der Waals surface area (Å²) in [4.78, 5) is 9.31. The molecule has 146 valence electrons. The van der Waals surface area contributed by atoms with Crippen molar-refractivity contribution in [1.82, 2.24) is 20.4 Å². The van der Waals surface area contributed by atoms with Crippen molar-refractivity contribution in [3.63, 3.8) is 0 Å². The highest BCUT2D eigenvalue weighted by Gasteiger charge is 2.41. The van der Waals surface area contributed by atoms with Gasteiger partial charge in [-0.25, -0.2) is 0 Å². The van der Waals surface area contributed by atoms with E-state index in [1.807, 2.05) is 6.92 Å². The SMILES string of the molecule is CCNC(=NCC1CN(C)CCN1C)NC1CCC(C(F)(F)F)CC1. The number of nitrogens with zero attached hydrogens (tertiary/aromatic N) is 3. The van der Waals surface area contributed by atoms with Crippen LogP contribution in [0.5, 0.6) is 0 Å². The molecule has 1 unspecified atom stereocenters. The topological polar surface area (TPSA) is 42.9 Å². The fourth-order valence-electron chi connectivity index (χ4n) is 3.57. The molecule has 1 saturated heterocycles. The molecule has 1 heterocycles. The summed E-state index contributed by atoms with van der Waals surface area (Å²) in [7, 11) is 4.23. The van der Waals surface area contributed by atoms with Gasteiger partial charge in [0.05, 0.1) is 12.5 Å². The molecule has 2 aliphatic rings. The van der Waals surface area contributed by atoms with E-state index >= 15 is 0 Å². The van der Waals surface area contributed by atoms with Gasteiger partial charge in [-0.15, -0.1) is 0 Å². The van der Waals surface area contributed by atoms with Crippen LogP contribution >= 0.6 is 0 Å². The van der Waals surface area contributed by atoms with Crippen molar-refractivity contribution in [3.05, 3.63) is 0 Å². The standard InChI is InChI=1S/C17H32F3N5/c1-4-21-16(22-11-15-12-24(2)9-10-25(15)3)23-14-7-5-13(6-8-14)17(18,19)20/h13-15H,4-12H2,1-3H3,(H2,21,22,23). The molecule has 8 heteroatoms. The lowest BCUT2D eigenvalue weighted by atomic mass is 9.85. The molecule has 0 spiro atoms. The third-order valence-electron chi connectivity index (χ3n) is 5.32. The Bertz CT molecular complexity index is 432. The summed E-state index contributed by atoms with van der Waals surface area (Å²) in [6.07, 6.45) is -2.56. The van der Waals surface area contributed by atoms with Gasteiger partial charge >= 0.3 is 6.18 Å². The summed E-state index contributed by atoms with van der Waals surface area (Å²) in [5.74, 6) is -0.420. The highest BCUT2D eigenvalue weighted by molar-refractivity contribution is 5.80. The van der Waals surface area contributed by atoms with Crippen LogP contribution in [0.25, 0.3) is 0 Å². The molecule has 2 N–H and O–H groups in total. The van der Waals surface area contributed by atoms with Crippen LogP contribution in [0.15, 0.2) is 4.99 Å². The third-order valence-corrected chi connectivity index (χ3v) is 5.32. The molecule has 0 bridgehead atoms. The Morgan fingerprint density at radius 3 is 2.40 bits per heavy atom. The second-order valence-electron chi connectivity index (χ2n) is 7.35. The Hall–Kier alpha value is -1.02. The van der Waals surface area contributed by atoms with E-state index in [1.165, 1.54) is 0 Å². The third kappa shape index (κ3) is 6.33. The number of likely N-dealkylation sites (N-methyl/N-ethyl adjacent to an activating group) is 2. The number of aliphatic imine (C=N–C) groups is 1. The number of nitrogens with one attached hydrogen (secondary N) is 2. The Morgan fingerprint density at radius 1 is 1.12 bits per heavy atom. The summed E-state index contributed by atoms with van der Waals surface area (Å²) >= 11 is 0. The molecule has 2 fully saturated rings. The number of piperazine rings is 1. The normalized spacial score (nSPS) is 30.3. The molecule has 5 nitrogen and oxygen atoms in total. The second kappa shape index (κ2) is 9.07. The van der Waals surface area contributed by atoms with Crippen molar-refractivity contribution in [2.75, 3.05) is 46.8 Å². The summed E-state index contributed by atoms with van der Waals surface area (Å²) in [6, 6.07) is 0.443. The highest BCUT2D eigenvalue weighted by atomic mass is 19.4. The van der Waals surface area contributed by atoms with Crippen LogP contribution in [0.1, 0.15) is 32.6 Å². The molecular formula is C17H32F3N5. The fraction of sp³-hybridized carbons (Fsp3) is 0.941. The zero-order valence-electron chi connectivity index (χ0n) is 15.6. The van der Waals surface area contributed by atoms with Gasteiger partial charge in [-0.3, -0.25) is 9.89 Å². The lowest BCUT2D eigenvalue weighted by Crippen LogP contribution is -2.52. The van der Waals surface area contributed by atoms with Crippen LogP contribution in [-0.4, -0.2) is 80.8 Å². The monoisotopic (exact) mass is 363 g/mol. The number of hydrogen-bond donors (Lipinski definition) is 2. The van der Waals surface area contributed by atoms with Crippen LogP contribution in [-0.2, 0) is 0 Å². The number of hydrogen-bond acceptors (Lipinski definition) is 3. The molecule has 0 radical (unpaired) electrons. The molecule has 25 heavy (non-hydrogen) atoms. The van der Waals surface area contributed by atoms with Gasteiger partial charge in [-0.2, -0.15) is 13.2 Å². The van der Waals surface area contributed by atoms with E-state index in [4.69, 9.17) is 0 Å². The van der Waals surface area contributed by atoms with E-state index in [0.717, 1.165) is 32.1 Å². The first-order valence-electron chi connectivity index (χ1n) is 9.30. The molecule has 0 amide bonds. The molecule has 0 aromatic rings. The van der Waals surface area contributed by atoms with Gasteiger partial charge in [-0.05, 0) is 46.7 Å². The van der Waals surface area contributed by atoms with Gasteiger partial charge in [0.2, 0.25) is 0 Å². The summed E-state index contributed by atoms with van der Waals surface area (Å²) < 4.78 is 38.3. The van der Waals surface area contributed by atoms with E-state index in [0.29, 0.717) is 25.4 Å². The van der Waals surface area contributed by atoms with E-state index in [2.05, 4.69) is 39.5 Å². The minimum Gasteiger partial charge on any atom is -0.357 e. The number of halogens is 3. The largest absolute Gasteiger partial charge is 0.391 e. The molecular weight excluding hydrogens is 331 g/mol. The molecule has 0 aromatic heterocycles. The quantitative estimate of drug-likeness (QED) is 0.592. The van der Waals surface area contributed by atoms with E-state index in [9.17, 15) is 13.2 Å². The molecule has 1 atom stereocenters. The van der Waals surface area contributed by atoms with Crippen molar-refractivity contribution in [3.8, 4) is 0 Å². The molecule has 1 aliphatic heterocycles. The first-order valence-corrected chi connectivity index (χ1v) is 9.30. The van der Waals surface area contributed by atoms with Crippen molar-refractivity contribution >= 4 is 5.96 Å². The lowest BCUT2D eigenvalue weighted by Gasteiger charge is -2.37. The summed E-state index contributed by atoms with van der Waals surface area (Å²) in [6.45, 7) is 6.51. The summed E-state index contributed by atoms with van der Waals surface area (Å²) in [5, 5.41) is 6.56. The molecule has 1 saturated carbocycles. The number of alkyl halides is 3. The molecule has 0 aromatic carbocycles. The Morgan fingerprint density at radius 2 is 1.80 bits per heavy atom. The van der Waals surface area contributed by atoms with Gasteiger partial charge in [0.1, 0.15) is 0 Å². The van der Waals surface area contributed by atoms with Gasteiger partial charge in [0, 0.05) is 38.3 Å². The van der Waals surface area contributed by atoms with E-state index < -0.39 is 12.1 Å². The van der Waals surface area contributed by atoms with E-state index in [-0.39, 0.29) is 18.9 Å². The van der Waals surface area contributed by atoms with Crippen LogP contribution in [0.2, 0.25) is 0 Å². The van der Waals surface area contributed by atoms with Crippen LogP contribution in [0, 0.1) is 5.92 Å². The van der Waals surface area contributed by atoms with Crippen molar-refractivity contribution < 1.29 is 13.2 Å². The van der Waals surface area contributed by atoms with Gasteiger partial charge in [0.25, 0.3) is 0 Å². The first kappa shape index (κ1) is 20.3. The maximum Gasteiger partial charge on any atom is 0.391 e. The average molecular weight is 363 g/mol.